The van der Waals surface area contributed by atoms with Crippen molar-refractivity contribution in [3.8, 4) is 11.8 Å². The van der Waals surface area contributed by atoms with Crippen molar-refractivity contribution in [2.45, 2.75) is 13.1 Å². The molecule has 0 aliphatic rings. The van der Waals surface area contributed by atoms with Gasteiger partial charge in [-0.3, -0.25) is 4.79 Å². The van der Waals surface area contributed by atoms with Crippen LogP contribution in [0.2, 0.25) is 0 Å². The number of halogens is 3. The van der Waals surface area contributed by atoms with Gasteiger partial charge in [0.15, 0.2) is 0 Å². The fourth-order valence-corrected chi connectivity index (χ4v) is 2.70. The van der Waals surface area contributed by atoms with Gasteiger partial charge >= 0.3 is 6.18 Å². The summed E-state index contributed by atoms with van der Waals surface area (Å²) in [6.45, 7) is 1.76. The highest BCUT2D eigenvalue weighted by atomic mass is 19.4. The van der Waals surface area contributed by atoms with E-state index in [1.807, 2.05) is 0 Å². The molecule has 0 atom stereocenters. The van der Waals surface area contributed by atoms with Gasteiger partial charge in [0, 0.05) is 23.0 Å². The number of allylic oxidation sites excluding steroid dienone is 1. The van der Waals surface area contributed by atoms with Gasteiger partial charge in [-0.15, -0.1) is 0 Å². The smallest absolute Gasteiger partial charge is 0.332 e. The van der Waals surface area contributed by atoms with E-state index in [4.69, 9.17) is 5.41 Å². The van der Waals surface area contributed by atoms with Gasteiger partial charge in [-0.2, -0.15) is 13.2 Å². The maximum Gasteiger partial charge on any atom is 0.416 e. The molecule has 0 unspecified atom stereocenters. The molecule has 1 heterocycles. The summed E-state index contributed by atoms with van der Waals surface area (Å²) in [4.78, 5) is 19.6. The van der Waals surface area contributed by atoms with Crippen molar-refractivity contribution in [1.29, 1.82) is 5.41 Å². The Bertz CT molecular complexity index is 1210. The van der Waals surface area contributed by atoms with Gasteiger partial charge in [0.1, 0.15) is 11.5 Å². The number of carbonyl (C=O) groups is 1. The zero-order valence-electron chi connectivity index (χ0n) is 16.3. The van der Waals surface area contributed by atoms with Crippen molar-refractivity contribution in [3.05, 3.63) is 88.5 Å². The summed E-state index contributed by atoms with van der Waals surface area (Å²) in [5.74, 6) is 5.85. The van der Waals surface area contributed by atoms with Crippen LogP contribution >= 0.6 is 0 Å². The number of aromatic nitrogens is 2. The number of benzene rings is 2. The Morgan fingerprint density at radius 3 is 2.71 bits per heavy atom. The van der Waals surface area contributed by atoms with E-state index in [1.165, 1.54) is 18.2 Å². The molecule has 1 aromatic heterocycles. The minimum Gasteiger partial charge on any atom is -0.332 e. The van der Waals surface area contributed by atoms with Crippen molar-refractivity contribution >= 4 is 23.9 Å². The molecule has 3 aromatic rings. The Kier molecular flexibility index (Phi) is 6.36. The summed E-state index contributed by atoms with van der Waals surface area (Å²) in [5.41, 5.74) is 1.38. The van der Waals surface area contributed by atoms with Gasteiger partial charge in [0.25, 0.3) is 5.91 Å². The molecule has 1 amide bonds. The Morgan fingerprint density at radius 2 is 1.97 bits per heavy atom. The van der Waals surface area contributed by atoms with E-state index in [2.05, 4.69) is 27.1 Å². The van der Waals surface area contributed by atoms with Crippen LogP contribution in [0.5, 0.6) is 0 Å². The lowest BCUT2D eigenvalue weighted by Gasteiger charge is -2.11. The standard InChI is InChI=1S/C23H17F3N4O/c1-15-16(10-11-19-14-28-21(29-19)9-4-12-27)5-3-8-20(15)30-22(31)17-6-2-7-18(13-17)23(24,25)26/h2-9,12-14,27H,1H3,(H,28,29)(H,30,31). The maximum atomic E-state index is 12.9. The van der Waals surface area contributed by atoms with Gasteiger partial charge in [-0.05, 0) is 60.9 Å². The number of nitrogens with zero attached hydrogens (tertiary/aromatic N) is 1. The summed E-state index contributed by atoms with van der Waals surface area (Å²) in [6, 6.07) is 9.38. The molecular formula is C23H17F3N4O. The minimum absolute atomic E-state index is 0.0892. The molecule has 0 aliphatic carbocycles. The lowest BCUT2D eigenvalue weighted by atomic mass is 10.1. The molecule has 0 spiro atoms. The van der Waals surface area contributed by atoms with Crippen LogP contribution in [0.4, 0.5) is 18.9 Å². The van der Waals surface area contributed by atoms with E-state index in [-0.39, 0.29) is 5.56 Å². The summed E-state index contributed by atoms with van der Waals surface area (Å²) in [6.07, 6.45) is 1.33. The van der Waals surface area contributed by atoms with Crippen LogP contribution in [0.3, 0.4) is 0 Å². The van der Waals surface area contributed by atoms with Gasteiger partial charge < -0.3 is 15.7 Å². The van der Waals surface area contributed by atoms with Crippen molar-refractivity contribution < 1.29 is 18.0 Å². The van der Waals surface area contributed by atoms with Crippen LogP contribution in [-0.4, -0.2) is 22.1 Å². The third-order valence-corrected chi connectivity index (χ3v) is 4.31. The second-order valence-corrected chi connectivity index (χ2v) is 6.47. The molecule has 0 saturated carbocycles. The summed E-state index contributed by atoms with van der Waals surface area (Å²) in [7, 11) is 0. The highest BCUT2D eigenvalue weighted by Crippen LogP contribution is 2.29. The number of anilines is 1. The number of rotatable bonds is 4. The molecule has 8 heteroatoms. The van der Waals surface area contributed by atoms with Crippen molar-refractivity contribution in [2.24, 2.45) is 0 Å². The lowest BCUT2D eigenvalue weighted by Crippen LogP contribution is -2.14. The van der Waals surface area contributed by atoms with Crippen molar-refractivity contribution in [2.75, 3.05) is 5.32 Å². The fraction of sp³-hybridized carbons (Fsp3) is 0.0870. The van der Waals surface area contributed by atoms with Crippen LogP contribution in [0.1, 0.15) is 38.6 Å². The number of aromatic amines is 1. The van der Waals surface area contributed by atoms with Crippen LogP contribution < -0.4 is 5.32 Å². The van der Waals surface area contributed by atoms with E-state index in [9.17, 15) is 18.0 Å². The van der Waals surface area contributed by atoms with Gasteiger partial charge in [-0.1, -0.05) is 18.1 Å². The predicted octanol–water partition coefficient (Wildman–Crippen LogP) is 5.05. The third kappa shape index (κ3) is 5.48. The molecule has 3 N–H and O–H groups in total. The van der Waals surface area contributed by atoms with Gasteiger partial charge in [-0.25, -0.2) is 4.98 Å². The number of carbonyl (C=O) groups excluding carboxylic acids is 1. The molecule has 3 rings (SSSR count). The topological polar surface area (TPSA) is 81.6 Å². The molecule has 0 saturated heterocycles. The van der Waals surface area contributed by atoms with E-state index in [1.54, 1.807) is 37.4 Å². The van der Waals surface area contributed by atoms with Crippen LogP contribution in [0.25, 0.3) is 6.08 Å². The fourth-order valence-electron chi connectivity index (χ4n) is 2.70. The first kappa shape index (κ1) is 21.6. The molecule has 2 aromatic carbocycles. The normalized spacial score (nSPS) is 11.1. The van der Waals surface area contributed by atoms with E-state index >= 15 is 0 Å². The SMILES string of the molecule is Cc1c(C#Cc2cnc(C=CC=N)[nH]2)cccc1NC(=O)c1cccc(C(F)(F)F)c1. The average molecular weight is 422 g/mol. The first-order valence-corrected chi connectivity index (χ1v) is 9.10. The molecule has 5 nitrogen and oxygen atoms in total. The number of H-pyrrole nitrogens is 1. The second-order valence-electron chi connectivity index (χ2n) is 6.47. The molecule has 0 bridgehead atoms. The highest BCUT2D eigenvalue weighted by molar-refractivity contribution is 6.04. The largest absolute Gasteiger partial charge is 0.416 e. The molecular weight excluding hydrogens is 405 g/mol. The second kappa shape index (κ2) is 9.13. The quantitative estimate of drug-likeness (QED) is 0.406. The Morgan fingerprint density at radius 1 is 1.19 bits per heavy atom. The number of alkyl halides is 3. The van der Waals surface area contributed by atoms with Gasteiger partial charge in [0.2, 0.25) is 0 Å². The molecule has 0 aliphatic heterocycles. The Balaban J connectivity index is 1.80. The first-order chi connectivity index (χ1) is 14.8. The third-order valence-electron chi connectivity index (χ3n) is 4.31. The zero-order valence-corrected chi connectivity index (χ0v) is 16.3. The summed E-state index contributed by atoms with van der Waals surface area (Å²) >= 11 is 0. The molecule has 156 valence electrons. The molecule has 31 heavy (non-hydrogen) atoms. The first-order valence-electron chi connectivity index (χ1n) is 9.10. The lowest BCUT2D eigenvalue weighted by molar-refractivity contribution is -0.137. The highest BCUT2D eigenvalue weighted by Gasteiger charge is 2.30. The minimum atomic E-state index is -4.52. The number of imidazole rings is 1. The average Bonchev–Trinajstić information content (AvgIpc) is 3.20. The van der Waals surface area contributed by atoms with Crippen LogP contribution in [0, 0.1) is 24.2 Å². The van der Waals surface area contributed by atoms with E-state index in [0.717, 1.165) is 18.3 Å². The Labute approximate surface area is 176 Å². The van der Waals surface area contributed by atoms with Crippen LogP contribution in [-0.2, 0) is 6.18 Å². The molecule has 0 fully saturated rings. The zero-order chi connectivity index (χ0) is 22.4. The predicted molar refractivity (Wildman–Crippen MR) is 113 cm³/mol. The summed E-state index contributed by atoms with van der Waals surface area (Å²) < 4.78 is 38.7. The number of hydrogen-bond donors (Lipinski definition) is 3. The maximum absolute atomic E-state index is 12.9. The summed E-state index contributed by atoms with van der Waals surface area (Å²) in [5, 5.41) is 9.62. The van der Waals surface area contributed by atoms with Crippen molar-refractivity contribution in [1.82, 2.24) is 9.97 Å². The van der Waals surface area contributed by atoms with E-state index in [0.29, 0.717) is 28.3 Å². The van der Waals surface area contributed by atoms with Crippen molar-refractivity contribution in [3.63, 3.8) is 0 Å². The molecule has 0 radical (unpaired) electrons. The monoisotopic (exact) mass is 422 g/mol. The number of amides is 1. The number of nitrogens with one attached hydrogen (secondary N) is 3. The van der Waals surface area contributed by atoms with Gasteiger partial charge in [0.05, 0.1) is 11.8 Å². The Hall–Kier alpha value is -4.12. The van der Waals surface area contributed by atoms with Crippen LogP contribution in [0.15, 0.2) is 54.7 Å². The number of hydrogen-bond acceptors (Lipinski definition) is 3. The van der Waals surface area contributed by atoms with E-state index < -0.39 is 17.6 Å².